The molecule has 3 N–H and O–H groups in total. The van der Waals surface area contributed by atoms with E-state index < -0.39 is 0 Å². The highest BCUT2D eigenvalue weighted by Gasteiger charge is 2.37. The van der Waals surface area contributed by atoms with Crippen LogP contribution in [0.15, 0.2) is 0 Å². The molecule has 18 heavy (non-hydrogen) atoms. The van der Waals surface area contributed by atoms with Crippen LogP contribution in [0, 0.1) is 5.92 Å². The van der Waals surface area contributed by atoms with Crippen LogP contribution in [0.3, 0.4) is 0 Å². The lowest BCUT2D eigenvalue weighted by atomic mass is 9.76. The fourth-order valence-corrected chi connectivity index (χ4v) is 2.74. The standard InChI is InChI=1S/C14H29N3O/c1-4-9-16-13(18)10-17(3)14(11-15)7-5-12(2)6-8-14/h12H,4-11,15H2,1-3H3,(H,16,18). The first-order chi connectivity index (χ1) is 8.54. The molecule has 0 saturated heterocycles. The molecular weight excluding hydrogens is 226 g/mol. The van der Waals surface area contributed by atoms with Crippen LogP contribution in [0.4, 0.5) is 0 Å². The second kappa shape index (κ2) is 7.10. The number of amides is 1. The Balaban J connectivity index is 2.51. The molecule has 0 aliphatic heterocycles. The number of carbonyl (C=O) groups is 1. The molecule has 1 fully saturated rings. The van der Waals surface area contributed by atoms with Gasteiger partial charge >= 0.3 is 0 Å². The number of carbonyl (C=O) groups excluding carboxylic acids is 1. The van der Waals surface area contributed by atoms with E-state index in [1.54, 1.807) is 0 Å². The van der Waals surface area contributed by atoms with E-state index in [0.717, 1.165) is 31.7 Å². The van der Waals surface area contributed by atoms with E-state index in [0.29, 0.717) is 13.1 Å². The van der Waals surface area contributed by atoms with Crippen molar-refractivity contribution < 1.29 is 4.79 Å². The maximum absolute atomic E-state index is 11.8. The summed E-state index contributed by atoms with van der Waals surface area (Å²) in [5.74, 6) is 0.915. The summed E-state index contributed by atoms with van der Waals surface area (Å²) in [6.45, 7) is 6.24. The molecule has 1 aliphatic carbocycles. The van der Waals surface area contributed by atoms with Gasteiger partial charge in [0, 0.05) is 18.6 Å². The number of nitrogens with zero attached hydrogens (tertiary/aromatic N) is 1. The summed E-state index contributed by atoms with van der Waals surface area (Å²) in [5.41, 5.74) is 6.02. The average Bonchev–Trinajstić information content (AvgIpc) is 2.37. The van der Waals surface area contributed by atoms with Crippen LogP contribution in [-0.4, -0.2) is 43.0 Å². The SMILES string of the molecule is CCCNC(=O)CN(C)C1(CN)CCC(C)CC1. The Morgan fingerprint density at radius 3 is 2.56 bits per heavy atom. The van der Waals surface area contributed by atoms with Gasteiger partial charge in [0.2, 0.25) is 5.91 Å². The Morgan fingerprint density at radius 1 is 1.44 bits per heavy atom. The zero-order chi connectivity index (χ0) is 13.6. The van der Waals surface area contributed by atoms with Crippen LogP contribution in [0.5, 0.6) is 0 Å². The van der Waals surface area contributed by atoms with Gasteiger partial charge < -0.3 is 11.1 Å². The van der Waals surface area contributed by atoms with Gasteiger partial charge in [0.1, 0.15) is 0 Å². The Kier molecular flexibility index (Phi) is 6.09. The lowest BCUT2D eigenvalue weighted by molar-refractivity contribution is -0.123. The van der Waals surface area contributed by atoms with E-state index in [9.17, 15) is 4.79 Å². The van der Waals surface area contributed by atoms with Crippen molar-refractivity contribution in [2.24, 2.45) is 11.7 Å². The molecule has 0 heterocycles. The molecule has 0 aromatic heterocycles. The molecule has 4 nitrogen and oxygen atoms in total. The van der Waals surface area contributed by atoms with E-state index in [4.69, 9.17) is 5.73 Å². The van der Waals surface area contributed by atoms with Crippen molar-refractivity contribution in [1.82, 2.24) is 10.2 Å². The first-order valence-corrected chi connectivity index (χ1v) is 7.22. The van der Waals surface area contributed by atoms with E-state index in [-0.39, 0.29) is 11.4 Å². The molecule has 0 radical (unpaired) electrons. The van der Waals surface area contributed by atoms with Gasteiger partial charge in [0.15, 0.2) is 0 Å². The summed E-state index contributed by atoms with van der Waals surface area (Å²) in [6.07, 6.45) is 5.65. The van der Waals surface area contributed by atoms with Crippen LogP contribution in [0.2, 0.25) is 0 Å². The van der Waals surface area contributed by atoms with Gasteiger partial charge in [-0.15, -0.1) is 0 Å². The average molecular weight is 255 g/mol. The van der Waals surface area contributed by atoms with Crippen molar-refractivity contribution in [2.75, 3.05) is 26.7 Å². The molecule has 4 heteroatoms. The third-order valence-corrected chi connectivity index (χ3v) is 4.35. The number of nitrogens with one attached hydrogen (secondary N) is 1. The Hall–Kier alpha value is -0.610. The smallest absolute Gasteiger partial charge is 0.234 e. The minimum Gasteiger partial charge on any atom is -0.355 e. The van der Waals surface area contributed by atoms with Crippen LogP contribution in [-0.2, 0) is 4.79 Å². The number of nitrogens with two attached hydrogens (primary N) is 1. The monoisotopic (exact) mass is 255 g/mol. The van der Waals surface area contributed by atoms with Gasteiger partial charge in [0.05, 0.1) is 6.54 Å². The molecule has 0 spiro atoms. The second-order valence-electron chi connectivity index (χ2n) is 5.82. The maximum Gasteiger partial charge on any atom is 0.234 e. The summed E-state index contributed by atoms with van der Waals surface area (Å²) in [4.78, 5) is 14.0. The predicted molar refractivity (Wildman–Crippen MR) is 75.3 cm³/mol. The van der Waals surface area contributed by atoms with Crippen molar-refractivity contribution in [1.29, 1.82) is 0 Å². The molecule has 0 atom stereocenters. The number of hydrogen-bond acceptors (Lipinski definition) is 3. The largest absolute Gasteiger partial charge is 0.355 e. The molecule has 1 amide bonds. The van der Waals surface area contributed by atoms with Crippen molar-refractivity contribution in [3.8, 4) is 0 Å². The van der Waals surface area contributed by atoms with Gasteiger partial charge in [-0.1, -0.05) is 13.8 Å². The molecule has 0 aromatic rings. The fourth-order valence-electron chi connectivity index (χ4n) is 2.74. The van der Waals surface area contributed by atoms with E-state index >= 15 is 0 Å². The molecular formula is C14H29N3O. The van der Waals surface area contributed by atoms with Crippen LogP contribution >= 0.6 is 0 Å². The predicted octanol–water partition coefficient (Wildman–Crippen LogP) is 1.35. The van der Waals surface area contributed by atoms with Gasteiger partial charge in [-0.25, -0.2) is 0 Å². The Labute approximate surface area is 111 Å². The third-order valence-electron chi connectivity index (χ3n) is 4.35. The first-order valence-electron chi connectivity index (χ1n) is 7.22. The minimum atomic E-state index is 0.0378. The van der Waals surface area contributed by atoms with Gasteiger partial charge in [-0.05, 0) is 45.1 Å². The summed E-state index contributed by atoms with van der Waals surface area (Å²) in [6, 6.07) is 0. The zero-order valence-corrected chi connectivity index (χ0v) is 12.2. The summed E-state index contributed by atoms with van der Waals surface area (Å²) < 4.78 is 0. The molecule has 1 rings (SSSR count). The normalized spacial score (nSPS) is 28.4. The molecule has 106 valence electrons. The fraction of sp³-hybridized carbons (Fsp3) is 0.929. The van der Waals surface area contributed by atoms with E-state index in [1.165, 1.54) is 12.8 Å². The van der Waals surface area contributed by atoms with Gasteiger partial charge in [-0.3, -0.25) is 9.69 Å². The van der Waals surface area contributed by atoms with Gasteiger partial charge in [0.25, 0.3) is 0 Å². The van der Waals surface area contributed by atoms with Crippen LogP contribution < -0.4 is 11.1 Å². The number of likely N-dealkylation sites (N-methyl/N-ethyl adjacent to an activating group) is 1. The lowest BCUT2D eigenvalue weighted by Gasteiger charge is -2.45. The van der Waals surface area contributed by atoms with E-state index in [2.05, 4.69) is 24.1 Å². The number of rotatable bonds is 6. The zero-order valence-electron chi connectivity index (χ0n) is 12.2. The van der Waals surface area contributed by atoms with Crippen molar-refractivity contribution in [3.63, 3.8) is 0 Å². The second-order valence-corrected chi connectivity index (χ2v) is 5.82. The Morgan fingerprint density at radius 2 is 2.06 bits per heavy atom. The van der Waals surface area contributed by atoms with Crippen LogP contribution in [0.25, 0.3) is 0 Å². The topological polar surface area (TPSA) is 58.4 Å². The summed E-state index contributed by atoms with van der Waals surface area (Å²) >= 11 is 0. The highest BCUT2D eigenvalue weighted by molar-refractivity contribution is 5.78. The van der Waals surface area contributed by atoms with Crippen molar-refractivity contribution >= 4 is 5.91 Å². The molecule has 0 aromatic carbocycles. The Bertz CT molecular complexity index is 260. The van der Waals surface area contributed by atoms with Crippen molar-refractivity contribution in [2.45, 2.75) is 51.5 Å². The molecule has 0 unspecified atom stereocenters. The molecule has 1 aliphatic rings. The quantitative estimate of drug-likeness (QED) is 0.753. The number of hydrogen-bond donors (Lipinski definition) is 2. The van der Waals surface area contributed by atoms with Crippen LogP contribution in [0.1, 0.15) is 46.0 Å². The van der Waals surface area contributed by atoms with E-state index in [1.807, 2.05) is 7.05 Å². The van der Waals surface area contributed by atoms with Gasteiger partial charge in [-0.2, -0.15) is 0 Å². The maximum atomic E-state index is 11.8. The highest BCUT2D eigenvalue weighted by Crippen LogP contribution is 2.34. The molecule has 1 saturated carbocycles. The highest BCUT2D eigenvalue weighted by atomic mass is 16.2. The third kappa shape index (κ3) is 3.95. The minimum absolute atomic E-state index is 0.0378. The lowest BCUT2D eigenvalue weighted by Crippen LogP contribution is -2.56. The first kappa shape index (κ1) is 15.4. The summed E-state index contributed by atoms with van der Waals surface area (Å²) in [7, 11) is 2.04. The molecule has 0 bridgehead atoms. The van der Waals surface area contributed by atoms with Crippen molar-refractivity contribution in [3.05, 3.63) is 0 Å². The summed E-state index contributed by atoms with van der Waals surface area (Å²) in [5, 5.41) is 2.93.